The van der Waals surface area contributed by atoms with Gasteiger partial charge in [0.1, 0.15) is 11.4 Å². The number of aliphatic hydroxyl groups excluding tert-OH is 1. The summed E-state index contributed by atoms with van der Waals surface area (Å²) in [6.07, 6.45) is 0.0473. The lowest BCUT2D eigenvalue weighted by atomic mass is 10.0. The van der Waals surface area contributed by atoms with Crippen LogP contribution < -0.4 is 4.74 Å². The molecule has 8 nitrogen and oxygen atoms in total. The summed E-state index contributed by atoms with van der Waals surface area (Å²) in [4.78, 5) is 15.7. The average molecular weight is 466 g/mol. The molecule has 0 saturated carbocycles. The van der Waals surface area contributed by atoms with E-state index < -0.39 is 21.8 Å². The van der Waals surface area contributed by atoms with Gasteiger partial charge in [-0.15, -0.1) is 0 Å². The van der Waals surface area contributed by atoms with Crippen molar-refractivity contribution in [2.45, 2.75) is 40.7 Å². The normalized spacial score (nSPS) is 9.75. The smallest absolute Gasteiger partial charge is 0.356 e. The van der Waals surface area contributed by atoms with Gasteiger partial charge in [-0.25, -0.2) is 9.78 Å². The number of carbonyl (C=O) groups excluding carboxylic acids is 1. The van der Waals surface area contributed by atoms with E-state index in [0.29, 0.717) is 22.4 Å². The van der Waals surface area contributed by atoms with Crippen molar-refractivity contribution in [2.24, 2.45) is 0 Å². The van der Waals surface area contributed by atoms with E-state index in [0.717, 1.165) is 0 Å². The lowest BCUT2D eigenvalue weighted by Gasteiger charge is -2.07. The molecule has 9 heteroatoms. The van der Waals surface area contributed by atoms with Crippen LogP contribution in [0.1, 0.15) is 60.6 Å². The molecule has 0 bridgehead atoms. The van der Waals surface area contributed by atoms with Gasteiger partial charge in [0.25, 0.3) is 10.1 Å². The van der Waals surface area contributed by atoms with Crippen LogP contribution >= 0.6 is 0 Å². The highest BCUT2D eigenvalue weighted by Gasteiger charge is 2.11. The molecular weight excluding hydrogens is 434 g/mol. The van der Waals surface area contributed by atoms with Crippen molar-refractivity contribution >= 4 is 16.1 Å². The molecule has 0 amide bonds. The van der Waals surface area contributed by atoms with Crippen molar-refractivity contribution < 1.29 is 32.3 Å². The van der Waals surface area contributed by atoms with Gasteiger partial charge in [0.15, 0.2) is 0 Å². The maximum Gasteiger partial charge on any atom is 0.356 e. The Morgan fingerprint density at radius 2 is 1.72 bits per heavy atom. The van der Waals surface area contributed by atoms with E-state index >= 15 is 0 Å². The maximum atomic E-state index is 11.7. The van der Waals surface area contributed by atoms with Crippen LogP contribution in [0.4, 0.5) is 0 Å². The fourth-order valence-corrected chi connectivity index (χ4v) is 2.83. The molecule has 0 unspecified atom stereocenters. The molecule has 176 valence electrons. The van der Waals surface area contributed by atoms with Crippen LogP contribution in [0.5, 0.6) is 5.75 Å². The minimum atomic E-state index is -4.13. The van der Waals surface area contributed by atoms with Gasteiger partial charge in [0.2, 0.25) is 0 Å². The molecule has 0 fully saturated rings. The third-order valence-electron chi connectivity index (χ3n) is 3.72. The topological polar surface area (TPSA) is 123 Å². The van der Waals surface area contributed by atoms with Crippen molar-refractivity contribution in [2.75, 3.05) is 20.0 Å². The first-order valence-corrected chi connectivity index (χ1v) is 11.7. The molecule has 2 N–H and O–H groups in total. The summed E-state index contributed by atoms with van der Waals surface area (Å²) in [6.45, 7) is 7.63. The highest BCUT2D eigenvalue weighted by Crippen LogP contribution is 2.18. The van der Waals surface area contributed by atoms with Crippen molar-refractivity contribution in [1.82, 2.24) is 4.98 Å². The third kappa shape index (κ3) is 9.92. The number of esters is 1. The largest absolute Gasteiger partial charge is 0.497 e. The quantitative estimate of drug-likeness (QED) is 0.379. The van der Waals surface area contributed by atoms with E-state index in [1.807, 2.05) is 27.7 Å². The Bertz CT molecular complexity index is 1040. The number of methoxy groups -OCH3 is 2. The molecule has 1 aromatic heterocycles. The van der Waals surface area contributed by atoms with Crippen molar-refractivity contribution in [3.63, 3.8) is 0 Å². The number of hydrogen-bond acceptors (Lipinski definition) is 7. The van der Waals surface area contributed by atoms with Crippen LogP contribution in [-0.2, 0) is 27.9 Å². The SMILES string of the molecule is CC.CC.COC(=O)c1cc(C#Cc2ccc(OC)cc2CCS(=O)(=O)O)cc(CO)n1. The summed E-state index contributed by atoms with van der Waals surface area (Å²) in [5.74, 6) is 5.19. The number of benzene rings is 1. The van der Waals surface area contributed by atoms with E-state index in [4.69, 9.17) is 9.29 Å². The predicted octanol–water partition coefficient (Wildman–Crippen LogP) is 3.25. The standard InChI is InChI=1S/C19H19NO7S.2C2H6/c1-26-17-6-5-14(15(11-17)7-8-28(23,24)25)4-3-13-9-16(12-21)20-18(10-13)19(22)27-2;2*1-2/h5-6,9-11,21H,7-8,12H2,1-2H3,(H,23,24,25);2*1-2H3. The van der Waals surface area contributed by atoms with Gasteiger partial charge < -0.3 is 14.6 Å². The fourth-order valence-electron chi connectivity index (χ4n) is 2.35. The molecule has 0 saturated heterocycles. The molecule has 0 radical (unpaired) electrons. The molecule has 0 atom stereocenters. The zero-order chi connectivity index (χ0) is 24.7. The van der Waals surface area contributed by atoms with Gasteiger partial charge in [0.05, 0.1) is 32.3 Å². The van der Waals surface area contributed by atoms with Crippen LogP contribution in [-0.4, -0.2) is 49.0 Å². The van der Waals surface area contributed by atoms with E-state index in [1.165, 1.54) is 26.4 Å². The highest BCUT2D eigenvalue weighted by atomic mass is 32.2. The van der Waals surface area contributed by atoms with Crippen molar-refractivity contribution in [3.05, 3.63) is 58.4 Å². The Morgan fingerprint density at radius 3 is 2.25 bits per heavy atom. The van der Waals surface area contributed by atoms with Gasteiger partial charge in [-0.3, -0.25) is 4.55 Å². The lowest BCUT2D eigenvalue weighted by molar-refractivity contribution is 0.0593. The summed E-state index contributed by atoms with van der Waals surface area (Å²) >= 11 is 0. The summed E-state index contributed by atoms with van der Waals surface area (Å²) < 4.78 is 40.9. The van der Waals surface area contributed by atoms with E-state index in [1.54, 1.807) is 18.2 Å². The molecule has 1 aromatic carbocycles. The molecule has 0 aliphatic heterocycles. The number of carbonyl (C=O) groups is 1. The highest BCUT2D eigenvalue weighted by molar-refractivity contribution is 7.85. The number of hydrogen-bond donors (Lipinski definition) is 2. The first-order valence-electron chi connectivity index (χ1n) is 10.1. The van der Waals surface area contributed by atoms with Crippen LogP contribution in [0.2, 0.25) is 0 Å². The number of aliphatic hydroxyl groups is 1. The molecular formula is C23H31NO7S. The second-order valence-electron chi connectivity index (χ2n) is 5.69. The Morgan fingerprint density at radius 1 is 1.06 bits per heavy atom. The van der Waals surface area contributed by atoms with Crippen LogP contribution in [0.25, 0.3) is 0 Å². The van der Waals surface area contributed by atoms with E-state index in [2.05, 4.69) is 21.6 Å². The molecule has 32 heavy (non-hydrogen) atoms. The Kier molecular flexibility index (Phi) is 13.6. The van der Waals surface area contributed by atoms with Crippen molar-refractivity contribution in [3.8, 4) is 17.6 Å². The number of aromatic nitrogens is 1. The Labute approximate surface area is 190 Å². The van der Waals surface area contributed by atoms with Gasteiger partial charge >= 0.3 is 5.97 Å². The zero-order valence-electron chi connectivity index (χ0n) is 19.3. The minimum Gasteiger partial charge on any atom is -0.497 e. The monoisotopic (exact) mass is 465 g/mol. The number of rotatable bonds is 6. The Hall–Kier alpha value is -2.93. The zero-order valence-corrected chi connectivity index (χ0v) is 20.1. The number of nitrogens with zero attached hydrogens (tertiary/aromatic N) is 1. The first kappa shape index (κ1) is 29.1. The van der Waals surface area contributed by atoms with Crippen molar-refractivity contribution in [1.29, 1.82) is 0 Å². The Balaban J connectivity index is 0.00000227. The van der Waals surface area contributed by atoms with Crippen LogP contribution in [0, 0.1) is 11.8 Å². The third-order valence-corrected chi connectivity index (χ3v) is 4.44. The average Bonchev–Trinajstić information content (AvgIpc) is 2.82. The fraction of sp³-hybridized carbons (Fsp3) is 0.391. The summed E-state index contributed by atoms with van der Waals surface area (Å²) in [5, 5.41) is 9.32. The molecule has 0 spiro atoms. The van der Waals surface area contributed by atoms with Gasteiger partial charge in [-0.1, -0.05) is 39.5 Å². The number of pyridine rings is 1. The van der Waals surface area contributed by atoms with E-state index in [9.17, 15) is 18.3 Å². The maximum absolute atomic E-state index is 11.7. The predicted molar refractivity (Wildman–Crippen MR) is 123 cm³/mol. The summed E-state index contributed by atoms with van der Waals surface area (Å²) in [6, 6.07) is 7.94. The van der Waals surface area contributed by atoms with Gasteiger partial charge in [0, 0.05) is 11.1 Å². The molecule has 0 aliphatic carbocycles. The molecule has 0 aliphatic rings. The summed E-state index contributed by atoms with van der Waals surface area (Å²) in [5.41, 5.74) is 1.81. The van der Waals surface area contributed by atoms with Crippen LogP contribution in [0.3, 0.4) is 0 Å². The molecule has 2 aromatic rings. The van der Waals surface area contributed by atoms with E-state index in [-0.39, 0.29) is 24.4 Å². The second-order valence-corrected chi connectivity index (χ2v) is 7.26. The first-order chi connectivity index (χ1) is 15.3. The van der Waals surface area contributed by atoms with Gasteiger partial charge in [-0.05, 0) is 42.3 Å². The van der Waals surface area contributed by atoms with Crippen LogP contribution in [0.15, 0.2) is 30.3 Å². The number of ether oxygens (including phenoxy) is 2. The lowest BCUT2D eigenvalue weighted by Crippen LogP contribution is -2.08. The minimum absolute atomic E-state index is 0.0136. The van der Waals surface area contributed by atoms with Gasteiger partial charge in [-0.2, -0.15) is 8.42 Å². The number of aryl methyl sites for hydroxylation is 1. The summed E-state index contributed by atoms with van der Waals surface area (Å²) in [7, 11) is -1.43. The molecule has 1 heterocycles. The second kappa shape index (κ2) is 15.0. The molecule has 2 rings (SSSR count).